The summed E-state index contributed by atoms with van der Waals surface area (Å²) >= 11 is 0. The molecule has 0 aromatic carbocycles. The van der Waals surface area contributed by atoms with Crippen molar-refractivity contribution in [1.29, 1.82) is 0 Å². The van der Waals surface area contributed by atoms with Crippen molar-refractivity contribution in [3.63, 3.8) is 0 Å². The number of ether oxygens (including phenoxy) is 1. The quantitative estimate of drug-likeness (QED) is 0.646. The highest BCUT2D eigenvalue weighted by molar-refractivity contribution is 4.71. The van der Waals surface area contributed by atoms with Crippen molar-refractivity contribution < 1.29 is 4.74 Å². The lowest BCUT2D eigenvalue weighted by Gasteiger charge is -2.11. The normalized spacial score (nSPS) is 30.0. The first-order valence-electron chi connectivity index (χ1n) is 6.98. The molecule has 0 spiro atoms. The molecule has 0 aliphatic carbocycles. The van der Waals surface area contributed by atoms with Gasteiger partial charge in [-0.2, -0.15) is 0 Å². The van der Waals surface area contributed by atoms with Gasteiger partial charge in [0.15, 0.2) is 0 Å². The fourth-order valence-corrected chi connectivity index (χ4v) is 2.74. The summed E-state index contributed by atoms with van der Waals surface area (Å²) in [5.41, 5.74) is 0. The van der Waals surface area contributed by atoms with Gasteiger partial charge in [0.2, 0.25) is 0 Å². The minimum absolute atomic E-state index is 0.548. The van der Waals surface area contributed by atoms with Crippen LogP contribution in [-0.2, 0) is 4.74 Å². The first kappa shape index (κ1) is 12.3. The van der Waals surface area contributed by atoms with Crippen molar-refractivity contribution in [1.82, 2.24) is 10.6 Å². The molecule has 0 amide bonds. The number of rotatable bonds is 7. The van der Waals surface area contributed by atoms with E-state index in [2.05, 4.69) is 10.6 Å². The molecule has 2 rings (SSSR count). The van der Waals surface area contributed by atoms with E-state index in [4.69, 9.17) is 4.74 Å². The molecule has 2 saturated heterocycles. The van der Waals surface area contributed by atoms with Crippen molar-refractivity contribution in [2.24, 2.45) is 5.92 Å². The fourth-order valence-electron chi connectivity index (χ4n) is 2.74. The lowest BCUT2D eigenvalue weighted by molar-refractivity contribution is 0.104. The molecule has 3 nitrogen and oxygen atoms in total. The monoisotopic (exact) mass is 226 g/mol. The Kier molecular flexibility index (Phi) is 5.59. The van der Waals surface area contributed by atoms with Crippen LogP contribution in [0.5, 0.6) is 0 Å². The Balaban J connectivity index is 1.37. The highest BCUT2D eigenvalue weighted by atomic mass is 16.5. The lowest BCUT2D eigenvalue weighted by Crippen LogP contribution is -2.21. The molecular weight excluding hydrogens is 200 g/mol. The minimum atomic E-state index is 0.548. The number of hydrogen-bond acceptors (Lipinski definition) is 3. The topological polar surface area (TPSA) is 33.3 Å². The lowest BCUT2D eigenvalue weighted by atomic mass is 10.0. The Morgan fingerprint density at radius 2 is 2.19 bits per heavy atom. The van der Waals surface area contributed by atoms with Gasteiger partial charge >= 0.3 is 0 Å². The molecule has 2 aliphatic heterocycles. The van der Waals surface area contributed by atoms with Crippen LogP contribution in [0.2, 0.25) is 0 Å². The Hall–Kier alpha value is -0.120. The number of nitrogens with one attached hydrogen (secondary N) is 2. The fraction of sp³-hybridized carbons (Fsp3) is 1.00. The summed E-state index contributed by atoms with van der Waals surface area (Å²) in [4.78, 5) is 0. The van der Waals surface area contributed by atoms with Crippen LogP contribution in [0.3, 0.4) is 0 Å². The van der Waals surface area contributed by atoms with Crippen molar-refractivity contribution in [3.8, 4) is 0 Å². The Morgan fingerprint density at radius 3 is 2.94 bits per heavy atom. The molecule has 2 heterocycles. The van der Waals surface area contributed by atoms with Crippen molar-refractivity contribution in [3.05, 3.63) is 0 Å². The van der Waals surface area contributed by atoms with Gasteiger partial charge in [0.05, 0.1) is 6.10 Å². The summed E-state index contributed by atoms with van der Waals surface area (Å²) in [5, 5.41) is 6.96. The third-order valence-electron chi connectivity index (χ3n) is 3.80. The second-order valence-electron chi connectivity index (χ2n) is 5.17. The maximum absolute atomic E-state index is 5.59. The predicted octanol–water partition coefficient (Wildman–Crippen LogP) is 1.53. The molecule has 2 fully saturated rings. The van der Waals surface area contributed by atoms with Gasteiger partial charge in [0.1, 0.15) is 0 Å². The van der Waals surface area contributed by atoms with E-state index in [0.29, 0.717) is 6.10 Å². The zero-order valence-corrected chi connectivity index (χ0v) is 10.3. The highest BCUT2D eigenvalue weighted by Gasteiger charge is 2.15. The number of hydrogen-bond donors (Lipinski definition) is 2. The first-order valence-corrected chi connectivity index (χ1v) is 6.98. The van der Waals surface area contributed by atoms with Gasteiger partial charge in [-0.25, -0.2) is 0 Å². The van der Waals surface area contributed by atoms with Crippen LogP contribution < -0.4 is 10.6 Å². The second kappa shape index (κ2) is 7.25. The molecule has 2 unspecified atom stereocenters. The second-order valence-corrected chi connectivity index (χ2v) is 5.17. The van der Waals surface area contributed by atoms with Gasteiger partial charge < -0.3 is 15.4 Å². The van der Waals surface area contributed by atoms with Crippen LogP contribution >= 0.6 is 0 Å². The Morgan fingerprint density at radius 1 is 1.19 bits per heavy atom. The SMILES string of the molecule is C(CNCCC1CCCO1)CC1CCNC1. The molecule has 2 N–H and O–H groups in total. The molecule has 0 saturated carbocycles. The molecule has 0 aromatic heterocycles. The van der Waals surface area contributed by atoms with E-state index in [1.165, 1.54) is 58.2 Å². The maximum atomic E-state index is 5.59. The predicted molar refractivity (Wildman–Crippen MR) is 66.7 cm³/mol. The third-order valence-corrected chi connectivity index (χ3v) is 3.80. The molecular formula is C13H26N2O. The van der Waals surface area contributed by atoms with Gasteiger partial charge in [-0.05, 0) is 70.6 Å². The third kappa shape index (κ3) is 4.40. The van der Waals surface area contributed by atoms with E-state index in [-0.39, 0.29) is 0 Å². The van der Waals surface area contributed by atoms with Crippen LogP contribution in [0.25, 0.3) is 0 Å². The van der Waals surface area contributed by atoms with Crippen molar-refractivity contribution in [2.45, 2.75) is 44.6 Å². The molecule has 0 bridgehead atoms. The Labute approximate surface area is 99.3 Å². The summed E-state index contributed by atoms with van der Waals surface area (Å²) < 4.78 is 5.59. The van der Waals surface area contributed by atoms with E-state index >= 15 is 0 Å². The van der Waals surface area contributed by atoms with E-state index < -0.39 is 0 Å². The van der Waals surface area contributed by atoms with Gasteiger partial charge in [-0.3, -0.25) is 0 Å². The van der Waals surface area contributed by atoms with E-state index in [1.807, 2.05) is 0 Å². The summed E-state index contributed by atoms with van der Waals surface area (Å²) in [6.07, 6.45) is 8.39. The van der Waals surface area contributed by atoms with E-state index in [1.54, 1.807) is 0 Å². The van der Waals surface area contributed by atoms with Gasteiger partial charge in [0, 0.05) is 6.61 Å². The molecule has 2 aliphatic rings. The summed E-state index contributed by atoms with van der Waals surface area (Å²) in [6, 6.07) is 0. The standard InChI is InChI=1S/C13H26N2O/c1(3-12-5-8-15-11-12)7-14-9-6-13-4-2-10-16-13/h12-15H,1-11H2. The van der Waals surface area contributed by atoms with Crippen LogP contribution in [0.4, 0.5) is 0 Å². The minimum Gasteiger partial charge on any atom is -0.378 e. The van der Waals surface area contributed by atoms with E-state index in [0.717, 1.165) is 19.1 Å². The molecule has 3 heteroatoms. The largest absolute Gasteiger partial charge is 0.378 e. The molecule has 94 valence electrons. The summed E-state index contributed by atoms with van der Waals surface area (Å²) in [6.45, 7) is 5.78. The average molecular weight is 226 g/mol. The zero-order chi connectivity index (χ0) is 11.1. The molecule has 16 heavy (non-hydrogen) atoms. The van der Waals surface area contributed by atoms with Crippen molar-refractivity contribution in [2.75, 3.05) is 32.8 Å². The highest BCUT2D eigenvalue weighted by Crippen LogP contribution is 2.15. The summed E-state index contributed by atoms with van der Waals surface area (Å²) in [7, 11) is 0. The van der Waals surface area contributed by atoms with Gasteiger partial charge in [-0.1, -0.05) is 0 Å². The molecule has 2 atom stereocenters. The zero-order valence-electron chi connectivity index (χ0n) is 10.3. The van der Waals surface area contributed by atoms with Crippen LogP contribution in [0.15, 0.2) is 0 Å². The van der Waals surface area contributed by atoms with Crippen LogP contribution in [-0.4, -0.2) is 38.9 Å². The smallest absolute Gasteiger partial charge is 0.0588 e. The maximum Gasteiger partial charge on any atom is 0.0588 e. The first-order chi connectivity index (χ1) is 7.95. The Bertz CT molecular complexity index is 155. The molecule has 0 radical (unpaired) electrons. The van der Waals surface area contributed by atoms with Crippen LogP contribution in [0.1, 0.15) is 38.5 Å². The molecule has 0 aromatic rings. The average Bonchev–Trinajstić information content (AvgIpc) is 2.96. The van der Waals surface area contributed by atoms with E-state index in [9.17, 15) is 0 Å². The van der Waals surface area contributed by atoms with Gasteiger partial charge in [0.25, 0.3) is 0 Å². The van der Waals surface area contributed by atoms with Crippen molar-refractivity contribution >= 4 is 0 Å². The summed E-state index contributed by atoms with van der Waals surface area (Å²) in [5.74, 6) is 0.944. The van der Waals surface area contributed by atoms with Crippen LogP contribution in [0, 0.1) is 5.92 Å². The van der Waals surface area contributed by atoms with Gasteiger partial charge in [-0.15, -0.1) is 0 Å².